The number of nitrogens with one attached hydrogen (secondary N) is 1. The summed E-state index contributed by atoms with van der Waals surface area (Å²) >= 11 is 0. The summed E-state index contributed by atoms with van der Waals surface area (Å²) in [6, 6.07) is 1.24. The number of carboxylic acid groups (broad SMARTS) is 1. The molecule has 0 aliphatic carbocycles. The van der Waals surface area contributed by atoms with Crippen LogP contribution in [0.15, 0.2) is 17.4 Å². The van der Waals surface area contributed by atoms with Crippen LogP contribution < -0.4 is 0 Å². The molecule has 0 radical (unpaired) electrons. The number of aromatic amines is 1. The van der Waals surface area contributed by atoms with Gasteiger partial charge in [0.05, 0.1) is 6.10 Å². The number of carbonyl (C=O) groups is 1. The van der Waals surface area contributed by atoms with Crippen molar-refractivity contribution in [3.05, 3.63) is 34.0 Å². The van der Waals surface area contributed by atoms with Crippen molar-refractivity contribution in [3.8, 4) is 0 Å². The minimum atomic E-state index is -1.21. The topological polar surface area (TPSA) is 142 Å². The van der Waals surface area contributed by atoms with E-state index in [0.29, 0.717) is 0 Å². The van der Waals surface area contributed by atoms with Crippen LogP contribution in [0.4, 0.5) is 0 Å². The largest absolute Gasteiger partial charge is 0.477 e. The predicted octanol–water partition coefficient (Wildman–Crippen LogP) is 0.808. The molecule has 2 unspecified atom stereocenters. The third-order valence-electron chi connectivity index (χ3n) is 2.23. The average Bonchev–Trinajstić information content (AvgIpc) is 2.77. The average molecular weight is 240 g/mol. The van der Waals surface area contributed by atoms with Crippen molar-refractivity contribution in [3.63, 3.8) is 0 Å². The Balaban J connectivity index is 2.64. The van der Waals surface area contributed by atoms with Crippen molar-refractivity contribution in [2.75, 3.05) is 6.54 Å². The Labute approximate surface area is 96.1 Å². The molecule has 1 heterocycles. The van der Waals surface area contributed by atoms with Gasteiger partial charge in [-0.15, -0.1) is 0 Å². The number of carboxylic acids is 1. The first-order chi connectivity index (χ1) is 8.06. The molecule has 0 aliphatic rings. The van der Waals surface area contributed by atoms with Crippen LogP contribution in [0.25, 0.3) is 10.4 Å². The maximum atomic E-state index is 10.6. The van der Waals surface area contributed by atoms with E-state index >= 15 is 0 Å². The van der Waals surface area contributed by atoms with E-state index in [0.717, 1.165) is 0 Å². The fraction of sp³-hybridized carbons (Fsp3) is 0.444. The van der Waals surface area contributed by atoms with Crippen LogP contribution >= 0.6 is 0 Å². The molecule has 1 aromatic rings. The number of hydrogen-bond donors (Lipinski definition) is 4. The summed E-state index contributed by atoms with van der Waals surface area (Å²) in [6.07, 6.45) is -0.921. The van der Waals surface area contributed by atoms with Gasteiger partial charge in [-0.25, -0.2) is 4.79 Å². The molecular formula is C9H12N4O4. The molecule has 0 aliphatic heterocycles. The number of nitrogens with zero attached hydrogens (tertiary/aromatic N) is 3. The van der Waals surface area contributed by atoms with Crippen LogP contribution in [0.2, 0.25) is 0 Å². The quantitative estimate of drug-likeness (QED) is 0.331. The van der Waals surface area contributed by atoms with Crippen molar-refractivity contribution in [1.82, 2.24) is 4.98 Å². The van der Waals surface area contributed by atoms with Crippen LogP contribution in [0.1, 0.15) is 28.6 Å². The maximum absolute atomic E-state index is 10.6. The minimum Gasteiger partial charge on any atom is -0.477 e. The predicted molar refractivity (Wildman–Crippen MR) is 57.3 cm³/mol. The molecule has 8 heteroatoms. The van der Waals surface area contributed by atoms with Crippen LogP contribution in [-0.4, -0.2) is 38.9 Å². The van der Waals surface area contributed by atoms with Gasteiger partial charge in [0, 0.05) is 23.2 Å². The summed E-state index contributed by atoms with van der Waals surface area (Å²) in [7, 11) is 0. The van der Waals surface area contributed by atoms with Crippen molar-refractivity contribution in [2.24, 2.45) is 5.11 Å². The number of hydrogen-bond acceptors (Lipinski definition) is 4. The highest BCUT2D eigenvalue weighted by Crippen LogP contribution is 2.19. The Hall–Kier alpha value is -2.02. The van der Waals surface area contributed by atoms with Gasteiger partial charge in [0.1, 0.15) is 11.8 Å². The van der Waals surface area contributed by atoms with E-state index in [-0.39, 0.29) is 24.2 Å². The molecular weight excluding hydrogens is 228 g/mol. The van der Waals surface area contributed by atoms with Crippen LogP contribution in [-0.2, 0) is 0 Å². The molecule has 0 spiro atoms. The molecule has 1 aromatic heterocycles. The molecule has 17 heavy (non-hydrogen) atoms. The smallest absolute Gasteiger partial charge is 0.352 e. The maximum Gasteiger partial charge on any atom is 0.352 e. The van der Waals surface area contributed by atoms with Crippen molar-refractivity contribution < 1.29 is 20.1 Å². The molecule has 0 bridgehead atoms. The van der Waals surface area contributed by atoms with Gasteiger partial charge in [0.2, 0.25) is 0 Å². The molecule has 8 nitrogen and oxygen atoms in total. The second-order valence-corrected chi connectivity index (χ2v) is 3.41. The summed E-state index contributed by atoms with van der Waals surface area (Å²) in [4.78, 5) is 15.6. The first-order valence-corrected chi connectivity index (χ1v) is 4.85. The van der Waals surface area contributed by atoms with E-state index in [1.165, 1.54) is 12.3 Å². The van der Waals surface area contributed by atoms with Crippen molar-refractivity contribution >= 4 is 5.97 Å². The zero-order chi connectivity index (χ0) is 12.8. The molecule has 4 N–H and O–H groups in total. The third kappa shape index (κ3) is 3.49. The Kier molecular flexibility index (Phi) is 4.53. The van der Waals surface area contributed by atoms with Gasteiger partial charge in [-0.1, -0.05) is 5.11 Å². The Morgan fingerprint density at radius 1 is 1.59 bits per heavy atom. The second-order valence-electron chi connectivity index (χ2n) is 3.41. The lowest BCUT2D eigenvalue weighted by Gasteiger charge is -2.15. The fourth-order valence-corrected chi connectivity index (χ4v) is 1.32. The Morgan fingerprint density at radius 2 is 2.29 bits per heavy atom. The van der Waals surface area contributed by atoms with Crippen LogP contribution in [0, 0.1) is 0 Å². The molecule has 0 fully saturated rings. The molecule has 0 saturated heterocycles. The lowest BCUT2D eigenvalue weighted by molar-refractivity contribution is 0.0151. The highest BCUT2D eigenvalue weighted by molar-refractivity contribution is 5.85. The number of aliphatic hydroxyl groups is 2. The van der Waals surface area contributed by atoms with Gasteiger partial charge in [0.25, 0.3) is 0 Å². The van der Waals surface area contributed by atoms with E-state index in [9.17, 15) is 15.0 Å². The summed E-state index contributed by atoms with van der Waals surface area (Å²) < 4.78 is 0. The number of aromatic nitrogens is 1. The van der Waals surface area contributed by atoms with E-state index in [2.05, 4.69) is 15.0 Å². The fourth-order valence-electron chi connectivity index (χ4n) is 1.32. The van der Waals surface area contributed by atoms with Gasteiger partial charge in [0.15, 0.2) is 0 Å². The minimum absolute atomic E-state index is 0.0605. The number of H-pyrrole nitrogens is 1. The normalized spacial score (nSPS) is 13.8. The monoisotopic (exact) mass is 240 g/mol. The zero-order valence-corrected chi connectivity index (χ0v) is 8.82. The van der Waals surface area contributed by atoms with E-state index in [4.69, 9.17) is 10.6 Å². The Bertz CT molecular complexity index is 438. The number of azide groups is 1. The summed E-state index contributed by atoms with van der Waals surface area (Å²) in [6.45, 7) is 0.0605. The van der Waals surface area contributed by atoms with Crippen LogP contribution in [0.3, 0.4) is 0 Å². The molecule has 0 saturated carbocycles. The summed E-state index contributed by atoms with van der Waals surface area (Å²) in [5, 5.41) is 31.1. The molecule has 1 rings (SSSR count). The third-order valence-corrected chi connectivity index (χ3v) is 2.23. The Morgan fingerprint density at radius 3 is 2.82 bits per heavy atom. The van der Waals surface area contributed by atoms with Crippen molar-refractivity contribution in [1.29, 1.82) is 0 Å². The second kappa shape index (κ2) is 5.90. The highest BCUT2D eigenvalue weighted by Gasteiger charge is 2.20. The number of rotatable bonds is 6. The zero-order valence-electron chi connectivity index (χ0n) is 8.82. The van der Waals surface area contributed by atoms with Gasteiger partial charge >= 0.3 is 5.97 Å². The lowest BCUT2D eigenvalue weighted by atomic mass is 10.1. The molecule has 2 atom stereocenters. The summed E-state index contributed by atoms with van der Waals surface area (Å²) in [5.74, 6) is -1.15. The van der Waals surface area contributed by atoms with Crippen molar-refractivity contribution in [2.45, 2.75) is 18.6 Å². The first kappa shape index (κ1) is 13.0. The van der Waals surface area contributed by atoms with Gasteiger partial charge in [-0.3, -0.25) is 0 Å². The van der Waals surface area contributed by atoms with Gasteiger partial charge in [-0.2, -0.15) is 0 Å². The molecule has 0 aromatic carbocycles. The first-order valence-electron chi connectivity index (χ1n) is 4.85. The SMILES string of the molecule is [N-]=[N+]=NCCC(O)C(O)c1c[nH]c(C(=O)O)c1. The summed E-state index contributed by atoms with van der Waals surface area (Å²) in [5.41, 5.74) is 8.25. The highest BCUT2D eigenvalue weighted by atomic mass is 16.4. The van der Waals surface area contributed by atoms with Gasteiger partial charge in [-0.05, 0) is 18.0 Å². The number of aromatic carboxylic acids is 1. The van der Waals surface area contributed by atoms with Gasteiger partial charge < -0.3 is 20.3 Å². The van der Waals surface area contributed by atoms with Crippen LogP contribution in [0.5, 0.6) is 0 Å². The number of aliphatic hydroxyl groups excluding tert-OH is 2. The molecule has 92 valence electrons. The van der Waals surface area contributed by atoms with E-state index in [1.807, 2.05) is 0 Å². The van der Waals surface area contributed by atoms with E-state index in [1.54, 1.807) is 0 Å². The molecule has 0 amide bonds. The lowest BCUT2D eigenvalue weighted by Crippen LogP contribution is -2.18. The standard InChI is InChI=1S/C9H12N4O4/c10-13-12-2-1-7(14)8(15)5-3-6(9(16)17)11-4-5/h3-4,7-8,11,14-15H,1-2H2,(H,16,17). The van der Waals surface area contributed by atoms with E-state index < -0.39 is 18.2 Å².